The minimum atomic E-state index is -0.0971. The molecule has 49 heavy (non-hydrogen) atoms. The number of nitrogens with zero attached hydrogens (tertiary/aromatic N) is 1. The van der Waals surface area contributed by atoms with Crippen molar-refractivity contribution in [2.45, 2.75) is 193 Å². The molecule has 0 aliphatic carbocycles. The first-order valence-electron chi connectivity index (χ1n) is 20.4. The summed E-state index contributed by atoms with van der Waals surface area (Å²) in [7, 11) is 4.14. The highest BCUT2D eigenvalue weighted by Gasteiger charge is 2.12. The summed E-state index contributed by atoms with van der Waals surface area (Å²) in [5.74, 6) is -0.0150. The van der Waals surface area contributed by atoms with E-state index in [4.69, 9.17) is 9.47 Å². The maximum atomic E-state index is 12.7. The number of amides is 1. The van der Waals surface area contributed by atoms with Gasteiger partial charge in [-0.2, -0.15) is 0 Å². The summed E-state index contributed by atoms with van der Waals surface area (Å²) in [4.78, 5) is 38.9. The maximum Gasteiger partial charge on any atom is 0.306 e. The Labute approximate surface area is 302 Å². The van der Waals surface area contributed by atoms with E-state index < -0.39 is 0 Å². The number of nitrogens with one attached hydrogen (secondary N) is 1. The van der Waals surface area contributed by atoms with Gasteiger partial charge in [0.05, 0.1) is 0 Å². The predicted molar refractivity (Wildman–Crippen MR) is 207 cm³/mol. The molecule has 0 fully saturated rings. The Morgan fingerprint density at radius 2 is 0.959 bits per heavy atom. The van der Waals surface area contributed by atoms with E-state index in [0.717, 1.165) is 109 Å². The number of rotatable bonds is 36. The second-order valence-corrected chi connectivity index (χ2v) is 14.1. The average molecular weight is 691 g/mol. The van der Waals surface area contributed by atoms with Crippen molar-refractivity contribution < 1.29 is 23.9 Å². The standard InChI is InChI=1S/C42H78N2O5/c1-5-7-9-11-13-21-29-37-48-41(46)34-25-19-15-17-23-31-39(43-40(45)33-27-28-36-44(3)4)32-24-18-16-20-26-35-42(47)49-38-30-22-14-12-10-8-6-2/h21-22,29-30,39H,5-20,23-28,31-38H2,1-4H3,(H,43,45)/b29-21-,30-22-. The van der Waals surface area contributed by atoms with Crippen LogP contribution < -0.4 is 5.32 Å². The van der Waals surface area contributed by atoms with Crippen molar-refractivity contribution in [2.24, 2.45) is 0 Å². The molecule has 1 N–H and O–H groups in total. The highest BCUT2D eigenvalue weighted by Crippen LogP contribution is 2.15. The van der Waals surface area contributed by atoms with E-state index in [-0.39, 0.29) is 23.9 Å². The van der Waals surface area contributed by atoms with Gasteiger partial charge in [-0.15, -0.1) is 0 Å². The van der Waals surface area contributed by atoms with Crippen LogP contribution in [0.5, 0.6) is 0 Å². The summed E-state index contributed by atoms with van der Waals surface area (Å²) < 4.78 is 10.7. The lowest BCUT2D eigenvalue weighted by atomic mass is 9.99. The summed E-state index contributed by atoms with van der Waals surface area (Å²) in [5.41, 5.74) is 0. The Bertz CT molecular complexity index is 774. The Kier molecular flexibility index (Phi) is 35.5. The topological polar surface area (TPSA) is 84.9 Å². The fraction of sp³-hybridized carbons (Fsp3) is 0.833. The summed E-state index contributed by atoms with van der Waals surface area (Å²) in [6, 6.07) is 0.228. The van der Waals surface area contributed by atoms with E-state index in [1.165, 1.54) is 51.4 Å². The van der Waals surface area contributed by atoms with Crippen LogP contribution in [-0.4, -0.2) is 62.6 Å². The SMILES string of the molecule is CCCCCC/C=C\COC(=O)CCCCCCCC(CCCCCCCC(=O)OC/C=C\CCCCCC)NC(=O)CCCCN(C)C. The van der Waals surface area contributed by atoms with E-state index in [9.17, 15) is 14.4 Å². The average Bonchev–Trinajstić information content (AvgIpc) is 3.07. The Balaban J connectivity index is 4.16. The van der Waals surface area contributed by atoms with Crippen molar-refractivity contribution in [3.05, 3.63) is 24.3 Å². The molecule has 0 unspecified atom stereocenters. The maximum absolute atomic E-state index is 12.7. The molecule has 0 atom stereocenters. The highest BCUT2D eigenvalue weighted by molar-refractivity contribution is 5.76. The van der Waals surface area contributed by atoms with Gasteiger partial charge in [0.2, 0.25) is 5.91 Å². The molecular weight excluding hydrogens is 612 g/mol. The van der Waals surface area contributed by atoms with E-state index in [1.807, 2.05) is 12.2 Å². The third kappa shape index (κ3) is 36.9. The summed E-state index contributed by atoms with van der Waals surface area (Å²) in [5, 5.41) is 3.34. The lowest BCUT2D eigenvalue weighted by molar-refractivity contribution is -0.143. The molecule has 0 aliphatic heterocycles. The lowest BCUT2D eigenvalue weighted by Crippen LogP contribution is -2.34. The van der Waals surface area contributed by atoms with Crippen molar-refractivity contribution in [3.63, 3.8) is 0 Å². The zero-order valence-corrected chi connectivity index (χ0v) is 32.6. The molecule has 7 heteroatoms. The largest absolute Gasteiger partial charge is 0.461 e. The number of esters is 2. The highest BCUT2D eigenvalue weighted by atomic mass is 16.5. The number of carbonyl (C=O) groups is 3. The van der Waals surface area contributed by atoms with Gasteiger partial charge >= 0.3 is 11.9 Å². The van der Waals surface area contributed by atoms with Crippen molar-refractivity contribution in [3.8, 4) is 0 Å². The molecule has 0 rings (SSSR count). The van der Waals surface area contributed by atoms with E-state index in [2.05, 4.69) is 50.3 Å². The minimum absolute atomic E-state index is 0.0971. The fourth-order valence-electron chi connectivity index (χ4n) is 5.86. The van der Waals surface area contributed by atoms with Crippen LogP contribution in [0.15, 0.2) is 24.3 Å². The zero-order valence-electron chi connectivity index (χ0n) is 32.6. The van der Waals surface area contributed by atoms with Crippen LogP contribution in [0, 0.1) is 0 Å². The van der Waals surface area contributed by atoms with Gasteiger partial charge in [-0.25, -0.2) is 0 Å². The van der Waals surface area contributed by atoms with Gasteiger partial charge in [0, 0.05) is 25.3 Å². The summed E-state index contributed by atoms with van der Waals surface area (Å²) in [6.45, 7) is 6.23. The van der Waals surface area contributed by atoms with Crippen LogP contribution in [0.1, 0.15) is 187 Å². The van der Waals surface area contributed by atoms with Crippen LogP contribution >= 0.6 is 0 Å². The van der Waals surface area contributed by atoms with Crippen molar-refractivity contribution in [1.29, 1.82) is 0 Å². The monoisotopic (exact) mass is 691 g/mol. The van der Waals surface area contributed by atoms with Crippen LogP contribution in [0.25, 0.3) is 0 Å². The Morgan fingerprint density at radius 3 is 1.43 bits per heavy atom. The van der Waals surface area contributed by atoms with Gasteiger partial charge < -0.3 is 19.7 Å². The molecule has 1 amide bonds. The number of hydrogen-bond donors (Lipinski definition) is 1. The van der Waals surface area contributed by atoms with Gasteiger partial charge in [-0.1, -0.05) is 128 Å². The number of allylic oxidation sites excluding steroid dienone is 2. The molecule has 0 heterocycles. The molecule has 0 saturated carbocycles. The minimum Gasteiger partial charge on any atom is -0.461 e. The fourth-order valence-corrected chi connectivity index (χ4v) is 5.86. The van der Waals surface area contributed by atoms with E-state index >= 15 is 0 Å². The normalized spacial score (nSPS) is 11.7. The summed E-state index contributed by atoms with van der Waals surface area (Å²) in [6.07, 6.45) is 36.4. The molecule has 0 spiro atoms. The van der Waals surface area contributed by atoms with Gasteiger partial charge in [-0.3, -0.25) is 14.4 Å². The van der Waals surface area contributed by atoms with Crippen molar-refractivity contribution >= 4 is 17.8 Å². The number of ether oxygens (including phenoxy) is 2. The van der Waals surface area contributed by atoms with E-state index in [1.54, 1.807) is 0 Å². The van der Waals surface area contributed by atoms with Gasteiger partial charge in [-0.05, 0) is 84.8 Å². The Morgan fingerprint density at radius 1 is 0.531 bits per heavy atom. The first kappa shape index (κ1) is 46.9. The molecule has 0 aliphatic rings. The molecule has 0 aromatic rings. The van der Waals surface area contributed by atoms with Gasteiger partial charge in [0.15, 0.2) is 0 Å². The molecule has 286 valence electrons. The van der Waals surface area contributed by atoms with Crippen molar-refractivity contribution in [2.75, 3.05) is 33.9 Å². The molecular formula is C42H78N2O5. The molecule has 7 nitrogen and oxygen atoms in total. The Hall–Kier alpha value is -2.15. The molecule has 0 aromatic carbocycles. The zero-order chi connectivity index (χ0) is 36.0. The van der Waals surface area contributed by atoms with Crippen LogP contribution in [-0.2, 0) is 23.9 Å². The number of hydrogen-bond acceptors (Lipinski definition) is 6. The smallest absolute Gasteiger partial charge is 0.306 e. The molecule has 0 radical (unpaired) electrons. The van der Waals surface area contributed by atoms with Crippen LogP contribution in [0.4, 0.5) is 0 Å². The predicted octanol–water partition coefficient (Wildman–Crippen LogP) is 10.8. The number of carbonyl (C=O) groups excluding carboxylic acids is 3. The first-order chi connectivity index (χ1) is 23.9. The quantitative estimate of drug-likeness (QED) is 0.0400. The molecule has 0 bridgehead atoms. The number of unbranched alkanes of at least 4 members (excludes halogenated alkanes) is 17. The summed E-state index contributed by atoms with van der Waals surface area (Å²) >= 11 is 0. The second kappa shape index (κ2) is 37.1. The van der Waals surface area contributed by atoms with E-state index in [0.29, 0.717) is 32.5 Å². The third-order valence-corrected chi connectivity index (χ3v) is 8.95. The third-order valence-electron chi connectivity index (χ3n) is 8.95. The second-order valence-electron chi connectivity index (χ2n) is 14.1. The molecule has 0 aromatic heterocycles. The lowest BCUT2D eigenvalue weighted by Gasteiger charge is -2.19. The first-order valence-corrected chi connectivity index (χ1v) is 20.4. The van der Waals surface area contributed by atoms with Crippen LogP contribution in [0.2, 0.25) is 0 Å². The van der Waals surface area contributed by atoms with Crippen molar-refractivity contribution in [1.82, 2.24) is 10.2 Å². The molecule has 0 saturated heterocycles. The van der Waals surface area contributed by atoms with Gasteiger partial charge in [0.25, 0.3) is 0 Å². The van der Waals surface area contributed by atoms with Gasteiger partial charge in [0.1, 0.15) is 13.2 Å². The van der Waals surface area contributed by atoms with Crippen LogP contribution in [0.3, 0.4) is 0 Å².